The minimum absolute atomic E-state index is 0.267. The molecule has 0 saturated carbocycles. The molecule has 0 spiro atoms. The molecule has 4 nitrogen and oxygen atoms in total. The number of aromatic carboxylic acids is 1. The normalized spacial score (nSPS) is 12.2. The Bertz CT molecular complexity index is 423. The van der Waals surface area contributed by atoms with Crippen molar-refractivity contribution in [3.8, 4) is 0 Å². The summed E-state index contributed by atoms with van der Waals surface area (Å²) in [5, 5.41) is 9.00. The van der Waals surface area contributed by atoms with Gasteiger partial charge in [0, 0.05) is 13.1 Å². The third kappa shape index (κ3) is 3.57. The van der Waals surface area contributed by atoms with Crippen LogP contribution in [-0.4, -0.2) is 36.2 Å². The van der Waals surface area contributed by atoms with Crippen LogP contribution in [0.2, 0.25) is 0 Å². The second kappa shape index (κ2) is 6.54. The van der Waals surface area contributed by atoms with E-state index in [2.05, 4.69) is 13.2 Å². The molecular formula is C13H20N2O2S. The molecule has 18 heavy (non-hydrogen) atoms. The van der Waals surface area contributed by atoms with E-state index in [1.807, 2.05) is 11.9 Å². The van der Waals surface area contributed by atoms with E-state index in [0.29, 0.717) is 11.7 Å². The van der Waals surface area contributed by atoms with E-state index < -0.39 is 5.97 Å². The fraction of sp³-hybridized carbons (Fsp3) is 0.462. The highest BCUT2D eigenvalue weighted by molar-refractivity contribution is 7.98. The highest BCUT2D eigenvalue weighted by Gasteiger charge is 2.14. The number of nitrogens with two attached hydrogens (primary N) is 1. The minimum Gasteiger partial charge on any atom is -0.478 e. The van der Waals surface area contributed by atoms with E-state index in [4.69, 9.17) is 10.8 Å². The summed E-state index contributed by atoms with van der Waals surface area (Å²) in [7, 11) is 1.95. The second-order valence-electron chi connectivity index (χ2n) is 4.32. The number of carboxylic acids is 1. The van der Waals surface area contributed by atoms with Gasteiger partial charge in [-0.15, -0.1) is 0 Å². The Balaban J connectivity index is 2.93. The zero-order valence-electron chi connectivity index (χ0n) is 11.0. The van der Waals surface area contributed by atoms with Gasteiger partial charge in [0.05, 0.1) is 16.9 Å². The van der Waals surface area contributed by atoms with Gasteiger partial charge in [-0.1, -0.05) is 0 Å². The third-order valence-electron chi connectivity index (χ3n) is 3.06. The van der Waals surface area contributed by atoms with Gasteiger partial charge < -0.3 is 15.7 Å². The van der Waals surface area contributed by atoms with Crippen LogP contribution in [-0.2, 0) is 0 Å². The van der Waals surface area contributed by atoms with Crippen molar-refractivity contribution in [3.63, 3.8) is 0 Å². The highest BCUT2D eigenvalue weighted by Crippen LogP contribution is 2.26. The number of nitrogens with zero attached hydrogens (tertiary/aromatic N) is 1. The van der Waals surface area contributed by atoms with Gasteiger partial charge >= 0.3 is 5.97 Å². The zero-order valence-corrected chi connectivity index (χ0v) is 11.8. The van der Waals surface area contributed by atoms with Crippen LogP contribution in [0.5, 0.6) is 0 Å². The lowest BCUT2D eigenvalue weighted by Gasteiger charge is -2.28. The molecule has 3 N–H and O–H groups in total. The largest absolute Gasteiger partial charge is 0.478 e. The summed E-state index contributed by atoms with van der Waals surface area (Å²) in [6, 6.07) is 5.13. The van der Waals surface area contributed by atoms with Gasteiger partial charge in [-0.2, -0.15) is 11.8 Å². The molecule has 0 heterocycles. The van der Waals surface area contributed by atoms with E-state index in [1.54, 1.807) is 23.9 Å². The minimum atomic E-state index is -0.929. The van der Waals surface area contributed by atoms with E-state index in [1.165, 1.54) is 6.07 Å². The summed E-state index contributed by atoms with van der Waals surface area (Å²) in [5.41, 5.74) is 7.57. The van der Waals surface area contributed by atoms with Crippen LogP contribution in [0.1, 0.15) is 23.7 Å². The quantitative estimate of drug-likeness (QED) is 0.776. The first-order valence-electron chi connectivity index (χ1n) is 5.82. The summed E-state index contributed by atoms with van der Waals surface area (Å²) in [4.78, 5) is 13.0. The first-order chi connectivity index (χ1) is 8.47. The van der Waals surface area contributed by atoms with E-state index in [0.717, 1.165) is 17.9 Å². The SMILES string of the molecule is CSCCC(C)N(C)c1cc(C(=O)O)ccc1N. The molecule has 0 aliphatic rings. The topological polar surface area (TPSA) is 66.6 Å². The Labute approximate surface area is 112 Å². The number of nitrogen functional groups attached to an aromatic ring is 1. The Kier molecular flexibility index (Phi) is 5.34. The van der Waals surface area contributed by atoms with E-state index in [9.17, 15) is 4.79 Å². The Morgan fingerprint density at radius 2 is 2.22 bits per heavy atom. The third-order valence-corrected chi connectivity index (χ3v) is 3.70. The van der Waals surface area contributed by atoms with Crippen molar-refractivity contribution in [2.24, 2.45) is 0 Å². The number of hydrogen-bond donors (Lipinski definition) is 2. The lowest BCUT2D eigenvalue weighted by atomic mass is 10.1. The zero-order chi connectivity index (χ0) is 13.7. The summed E-state index contributed by atoms with van der Waals surface area (Å²) >= 11 is 1.80. The second-order valence-corrected chi connectivity index (χ2v) is 5.31. The van der Waals surface area contributed by atoms with Gasteiger partial charge in [0.1, 0.15) is 0 Å². The van der Waals surface area contributed by atoms with Gasteiger partial charge in [-0.25, -0.2) is 4.79 Å². The summed E-state index contributed by atoms with van der Waals surface area (Å²) < 4.78 is 0. The molecule has 1 atom stereocenters. The lowest BCUT2D eigenvalue weighted by molar-refractivity contribution is 0.0697. The van der Waals surface area contributed by atoms with Crippen LogP contribution in [0.3, 0.4) is 0 Å². The first kappa shape index (κ1) is 14.7. The molecule has 0 aliphatic carbocycles. The molecule has 1 aromatic rings. The van der Waals surface area contributed by atoms with Crippen molar-refractivity contribution >= 4 is 29.1 Å². The maximum atomic E-state index is 11.0. The molecule has 0 aliphatic heterocycles. The van der Waals surface area contributed by atoms with Crippen molar-refractivity contribution in [1.82, 2.24) is 0 Å². The van der Waals surface area contributed by atoms with Gasteiger partial charge in [-0.3, -0.25) is 0 Å². The molecule has 0 saturated heterocycles. The van der Waals surface area contributed by atoms with Crippen LogP contribution >= 0.6 is 11.8 Å². The predicted molar refractivity (Wildman–Crippen MR) is 78.7 cm³/mol. The standard InChI is InChI=1S/C13H20N2O2S/c1-9(6-7-18-3)15(2)12-8-10(13(16)17)4-5-11(12)14/h4-5,8-9H,6-7,14H2,1-3H3,(H,16,17). The van der Waals surface area contributed by atoms with Crippen LogP contribution in [0.4, 0.5) is 11.4 Å². The summed E-state index contributed by atoms with van der Waals surface area (Å²) in [6.07, 6.45) is 3.11. The van der Waals surface area contributed by atoms with Crippen molar-refractivity contribution < 1.29 is 9.90 Å². The molecule has 100 valence electrons. The lowest BCUT2D eigenvalue weighted by Crippen LogP contribution is -2.30. The monoisotopic (exact) mass is 268 g/mol. The number of thioether (sulfide) groups is 1. The molecule has 0 fully saturated rings. The summed E-state index contributed by atoms with van der Waals surface area (Å²) in [5.74, 6) is 0.144. The summed E-state index contributed by atoms with van der Waals surface area (Å²) in [6.45, 7) is 2.11. The number of anilines is 2. The molecule has 0 amide bonds. The molecule has 0 bridgehead atoms. The van der Waals surface area contributed by atoms with Crippen molar-refractivity contribution in [3.05, 3.63) is 23.8 Å². The molecule has 0 aromatic heterocycles. The van der Waals surface area contributed by atoms with Gasteiger partial charge in [-0.05, 0) is 43.6 Å². The van der Waals surface area contributed by atoms with E-state index >= 15 is 0 Å². The van der Waals surface area contributed by atoms with Crippen LogP contribution < -0.4 is 10.6 Å². The van der Waals surface area contributed by atoms with Crippen molar-refractivity contribution in [2.75, 3.05) is 29.7 Å². The Morgan fingerprint density at radius 1 is 1.56 bits per heavy atom. The van der Waals surface area contributed by atoms with Gasteiger partial charge in [0.15, 0.2) is 0 Å². The Hall–Kier alpha value is -1.36. The first-order valence-corrected chi connectivity index (χ1v) is 7.21. The molecule has 0 radical (unpaired) electrons. The van der Waals surface area contributed by atoms with Crippen LogP contribution in [0.15, 0.2) is 18.2 Å². The van der Waals surface area contributed by atoms with Crippen LogP contribution in [0, 0.1) is 0 Å². The predicted octanol–water partition coefficient (Wildman–Crippen LogP) is 2.54. The Morgan fingerprint density at radius 3 is 2.78 bits per heavy atom. The van der Waals surface area contributed by atoms with E-state index in [-0.39, 0.29) is 5.56 Å². The average Bonchev–Trinajstić information content (AvgIpc) is 2.35. The van der Waals surface area contributed by atoms with Gasteiger partial charge in [0.2, 0.25) is 0 Å². The number of carboxylic acid groups (broad SMARTS) is 1. The van der Waals surface area contributed by atoms with Crippen LogP contribution in [0.25, 0.3) is 0 Å². The molecule has 1 aromatic carbocycles. The molecule has 5 heteroatoms. The fourth-order valence-electron chi connectivity index (χ4n) is 1.70. The maximum Gasteiger partial charge on any atom is 0.335 e. The highest BCUT2D eigenvalue weighted by atomic mass is 32.2. The average molecular weight is 268 g/mol. The molecule has 1 rings (SSSR count). The number of benzene rings is 1. The fourth-order valence-corrected chi connectivity index (χ4v) is 2.28. The maximum absolute atomic E-state index is 11.0. The van der Waals surface area contributed by atoms with Gasteiger partial charge in [0.25, 0.3) is 0 Å². The van der Waals surface area contributed by atoms with Crippen molar-refractivity contribution in [2.45, 2.75) is 19.4 Å². The number of rotatable bonds is 6. The molecule has 1 unspecified atom stereocenters. The number of carbonyl (C=O) groups is 1. The van der Waals surface area contributed by atoms with Crippen molar-refractivity contribution in [1.29, 1.82) is 0 Å². The molecular weight excluding hydrogens is 248 g/mol. The smallest absolute Gasteiger partial charge is 0.335 e. The number of hydrogen-bond acceptors (Lipinski definition) is 4.